The third kappa shape index (κ3) is 5.08. The van der Waals surface area contributed by atoms with Crippen molar-refractivity contribution >= 4 is 29.1 Å². The van der Waals surface area contributed by atoms with Crippen molar-refractivity contribution in [2.24, 2.45) is 0 Å². The molecule has 3 amide bonds. The maximum atomic E-state index is 12.6. The molecule has 0 saturated heterocycles. The van der Waals surface area contributed by atoms with Crippen molar-refractivity contribution in [3.63, 3.8) is 0 Å². The van der Waals surface area contributed by atoms with Gasteiger partial charge in [0.25, 0.3) is 11.8 Å². The van der Waals surface area contributed by atoms with Crippen LogP contribution in [0.25, 0.3) is 0 Å². The Morgan fingerprint density at radius 1 is 1.10 bits per heavy atom. The van der Waals surface area contributed by atoms with Crippen molar-refractivity contribution in [2.45, 2.75) is 19.4 Å². The maximum absolute atomic E-state index is 12.6. The molecular weight excluding hydrogens is 384 g/mol. The van der Waals surface area contributed by atoms with E-state index in [1.54, 1.807) is 37.4 Å². The van der Waals surface area contributed by atoms with Crippen LogP contribution in [0.5, 0.6) is 5.75 Å². The van der Waals surface area contributed by atoms with Crippen LogP contribution in [0.15, 0.2) is 48.5 Å². The Kier molecular flexibility index (Phi) is 6.90. The summed E-state index contributed by atoms with van der Waals surface area (Å²) in [5.41, 5.74) is 1.87. The molecule has 0 bridgehead atoms. The summed E-state index contributed by atoms with van der Waals surface area (Å²) in [6.07, 6.45) is 0.144. The van der Waals surface area contributed by atoms with Crippen LogP contribution in [-0.2, 0) is 9.59 Å². The number of nitrogens with one attached hydrogen (secondary N) is 3. The van der Waals surface area contributed by atoms with Gasteiger partial charge in [0.15, 0.2) is 6.10 Å². The maximum Gasteiger partial charge on any atom is 0.262 e. The molecule has 3 rings (SSSR count). The number of anilines is 2. The van der Waals surface area contributed by atoms with E-state index < -0.39 is 6.10 Å². The van der Waals surface area contributed by atoms with E-state index in [1.165, 1.54) is 0 Å². The lowest BCUT2D eigenvalue weighted by Gasteiger charge is -2.35. The molecular formula is C22H26N4O4. The van der Waals surface area contributed by atoms with Crippen molar-refractivity contribution in [2.75, 3.05) is 36.9 Å². The van der Waals surface area contributed by atoms with E-state index in [1.807, 2.05) is 30.0 Å². The number of fused-ring (bicyclic) bond motifs is 1. The number of benzene rings is 2. The minimum atomic E-state index is -0.689. The predicted octanol–water partition coefficient (Wildman–Crippen LogP) is 1.78. The molecule has 0 unspecified atom stereocenters. The Labute approximate surface area is 175 Å². The van der Waals surface area contributed by atoms with Crippen LogP contribution in [0, 0.1) is 0 Å². The van der Waals surface area contributed by atoms with Crippen molar-refractivity contribution in [3.8, 4) is 5.75 Å². The van der Waals surface area contributed by atoms with Gasteiger partial charge in [0.05, 0.1) is 18.8 Å². The third-order valence-corrected chi connectivity index (χ3v) is 4.70. The van der Waals surface area contributed by atoms with Crippen molar-refractivity contribution < 1.29 is 19.1 Å². The summed E-state index contributed by atoms with van der Waals surface area (Å²) in [7, 11) is 1.56. The third-order valence-electron chi connectivity index (χ3n) is 4.70. The van der Waals surface area contributed by atoms with Gasteiger partial charge in [-0.1, -0.05) is 19.1 Å². The van der Waals surface area contributed by atoms with E-state index in [4.69, 9.17) is 4.74 Å². The minimum absolute atomic E-state index is 0.0646. The highest BCUT2D eigenvalue weighted by Gasteiger charge is 2.31. The molecule has 1 aliphatic heterocycles. The number of para-hydroxylation sites is 2. The normalized spacial score (nSPS) is 14.9. The minimum Gasteiger partial charge on any atom is -0.477 e. The molecule has 1 aliphatic rings. The molecule has 0 aromatic heterocycles. The smallest absolute Gasteiger partial charge is 0.262 e. The van der Waals surface area contributed by atoms with Crippen LogP contribution in [0.2, 0.25) is 0 Å². The molecule has 158 valence electrons. The second-order valence-electron chi connectivity index (χ2n) is 6.95. The fourth-order valence-electron chi connectivity index (χ4n) is 3.18. The summed E-state index contributed by atoms with van der Waals surface area (Å²) in [6, 6.07) is 14.0. The van der Waals surface area contributed by atoms with Crippen LogP contribution < -0.4 is 25.6 Å². The van der Waals surface area contributed by atoms with Gasteiger partial charge >= 0.3 is 0 Å². The van der Waals surface area contributed by atoms with E-state index in [-0.39, 0.29) is 30.8 Å². The van der Waals surface area contributed by atoms with Crippen molar-refractivity contribution in [1.29, 1.82) is 0 Å². The highest BCUT2D eigenvalue weighted by atomic mass is 16.5. The molecule has 30 heavy (non-hydrogen) atoms. The summed E-state index contributed by atoms with van der Waals surface area (Å²) in [6.45, 7) is 2.90. The van der Waals surface area contributed by atoms with Crippen LogP contribution in [0.4, 0.5) is 11.4 Å². The molecule has 0 fully saturated rings. The first-order chi connectivity index (χ1) is 14.5. The standard InChI is InChI=1S/C22H26N4O4/c1-3-12-24-22(29)19-13-26(17-6-4-5-7-18(17)30-19)14-20(27)25-16-10-8-15(9-11-16)21(28)23-2/h4-11,19H,3,12-14H2,1-2H3,(H,23,28)(H,24,29)(H,25,27)/t19-/m0/s1. The average Bonchev–Trinajstić information content (AvgIpc) is 2.77. The Morgan fingerprint density at radius 3 is 2.53 bits per heavy atom. The first-order valence-electron chi connectivity index (χ1n) is 9.92. The molecule has 2 aromatic rings. The van der Waals surface area contributed by atoms with Gasteiger partial charge in [0, 0.05) is 24.8 Å². The Morgan fingerprint density at radius 2 is 1.83 bits per heavy atom. The number of hydrogen-bond acceptors (Lipinski definition) is 5. The fourth-order valence-corrected chi connectivity index (χ4v) is 3.18. The number of ether oxygens (including phenoxy) is 1. The van der Waals surface area contributed by atoms with Gasteiger partial charge < -0.3 is 25.6 Å². The Balaban J connectivity index is 1.68. The van der Waals surface area contributed by atoms with Crippen molar-refractivity contribution in [3.05, 3.63) is 54.1 Å². The molecule has 0 saturated carbocycles. The van der Waals surface area contributed by atoms with Crippen LogP contribution in [0.1, 0.15) is 23.7 Å². The zero-order chi connectivity index (χ0) is 21.5. The van der Waals surface area contributed by atoms with Crippen molar-refractivity contribution in [1.82, 2.24) is 10.6 Å². The lowest BCUT2D eigenvalue weighted by Crippen LogP contribution is -2.50. The quantitative estimate of drug-likeness (QED) is 0.646. The second-order valence-corrected chi connectivity index (χ2v) is 6.95. The first kappa shape index (κ1) is 21.2. The molecule has 0 aliphatic carbocycles. The predicted molar refractivity (Wildman–Crippen MR) is 115 cm³/mol. The van der Waals surface area contributed by atoms with Gasteiger partial charge in [-0.2, -0.15) is 0 Å². The van der Waals surface area contributed by atoms with Crippen LogP contribution in [-0.4, -0.2) is 50.5 Å². The zero-order valence-corrected chi connectivity index (χ0v) is 17.1. The molecule has 2 aromatic carbocycles. The zero-order valence-electron chi connectivity index (χ0n) is 17.1. The number of hydrogen-bond donors (Lipinski definition) is 3. The SMILES string of the molecule is CCCNC(=O)[C@@H]1CN(CC(=O)Nc2ccc(C(=O)NC)cc2)c2ccccc2O1. The van der Waals surface area contributed by atoms with Gasteiger partial charge in [-0.25, -0.2) is 0 Å². The first-order valence-corrected chi connectivity index (χ1v) is 9.92. The Hall–Kier alpha value is -3.55. The molecule has 1 atom stereocenters. The lowest BCUT2D eigenvalue weighted by atomic mass is 10.1. The van der Waals surface area contributed by atoms with Crippen LogP contribution in [0.3, 0.4) is 0 Å². The highest BCUT2D eigenvalue weighted by Crippen LogP contribution is 2.33. The monoisotopic (exact) mass is 410 g/mol. The van der Waals surface area contributed by atoms with Gasteiger partial charge in [-0.3, -0.25) is 14.4 Å². The summed E-state index contributed by atoms with van der Waals surface area (Å²) < 4.78 is 5.84. The summed E-state index contributed by atoms with van der Waals surface area (Å²) in [4.78, 5) is 38.5. The number of carbonyl (C=O) groups is 3. The van der Waals surface area contributed by atoms with Gasteiger partial charge in [-0.05, 0) is 42.8 Å². The number of rotatable bonds is 7. The second kappa shape index (κ2) is 9.78. The van der Waals surface area contributed by atoms with E-state index in [0.717, 1.165) is 12.1 Å². The van der Waals surface area contributed by atoms with E-state index in [2.05, 4.69) is 16.0 Å². The summed E-state index contributed by atoms with van der Waals surface area (Å²) in [5.74, 6) is -0.0398. The van der Waals surface area contributed by atoms with E-state index in [9.17, 15) is 14.4 Å². The number of carbonyl (C=O) groups excluding carboxylic acids is 3. The van der Waals surface area contributed by atoms with Gasteiger partial charge in [-0.15, -0.1) is 0 Å². The van der Waals surface area contributed by atoms with Gasteiger partial charge in [0.1, 0.15) is 5.75 Å². The van der Waals surface area contributed by atoms with Crippen LogP contribution >= 0.6 is 0 Å². The molecule has 0 radical (unpaired) electrons. The molecule has 1 heterocycles. The topological polar surface area (TPSA) is 99.8 Å². The molecule has 8 nitrogen and oxygen atoms in total. The summed E-state index contributed by atoms with van der Waals surface area (Å²) in [5, 5.41) is 8.22. The molecule has 8 heteroatoms. The number of amides is 3. The largest absolute Gasteiger partial charge is 0.477 e. The molecule has 0 spiro atoms. The summed E-state index contributed by atoms with van der Waals surface area (Å²) >= 11 is 0. The molecule has 3 N–H and O–H groups in total. The lowest BCUT2D eigenvalue weighted by molar-refractivity contribution is -0.128. The average molecular weight is 410 g/mol. The van der Waals surface area contributed by atoms with Gasteiger partial charge in [0.2, 0.25) is 5.91 Å². The Bertz CT molecular complexity index is 914. The fraction of sp³-hybridized carbons (Fsp3) is 0.318. The van der Waals surface area contributed by atoms with E-state index >= 15 is 0 Å². The number of nitrogens with zero attached hydrogens (tertiary/aromatic N) is 1. The van der Waals surface area contributed by atoms with E-state index in [0.29, 0.717) is 23.5 Å². The highest BCUT2D eigenvalue weighted by molar-refractivity contribution is 5.97.